The van der Waals surface area contributed by atoms with Crippen molar-refractivity contribution in [1.29, 1.82) is 0 Å². The first-order valence-electron chi connectivity index (χ1n) is 7.60. The van der Waals surface area contributed by atoms with Gasteiger partial charge in [-0.25, -0.2) is 0 Å². The summed E-state index contributed by atoms with van der Waals surface area (Å²) >= 11 is 0. The fourth-order valence-electron chi connectivity index (χ4n) is 3.03. The molecule has 0 bridgehead atoms. The number of morpholine rings is 1. The van der Waals surface area contributed by atoms with Crippen LogP contribution in [-0.4, -0.2) is 47.6 Å². The van der Waals surface area contributed by atoms with Gasteiger partial charge in [0.2, 0.25) is 0 Å². The zero-order valence-corrected chi connectivity index (χ0v) is 13.1. The van der Waals surface area contributed by atoms with Crippen LogP contribution < -0.4 is 0 Å². The highest BCUT2D eigenvalue weighted by Crippen LogP contribution is 2.17. The van der Waals surface area contributed by atoms with Crippen LogP contribution in [0.15, 0.2) is 6.07 Å². The van der Waals surface area contributed by atoms with Gasteiger partial charge in [0, 0.05) is 36.6 Å². The van der Waals surface area contributed by atoms with Gasteiger partial charge >= 0.3 is 0 Å². The van der Waals surface area contributed by atoms with Crippen molar-refractivity contribution in [2.75, 3.05) is 26.2 Å². The second-order valence-corrected chi connectivity index (χ2v) is 5.59. The Hall–Kier alpha value is -1.13. The van der Waals surface area contributed by atoms with Crippen LogP contribution in [0, 0.1) is 13.8 Å². The van der Waals surface area contributed by atoms with Crippen LogP contribution >= 0.6 is 0 Å². The number of ketones is 1. The third-order valence-electron chi connectivity index (χ3n) is 4.24. The number of aryl methyl sites for hydroxylation is 1. The molecular weight excluding hydrogens is 252 g/mol. The summed E-state index contributed by atoms with van der Waals surface area (Å²) in [5.74, 6) is 0.231. The summed E-state index contributed by atoms with van der Waals surface area (Å²) in [6.07, 6.45) is 1.29. The molecule has 1 atom stereocenters. The number of nitrogens with zero attached hydrogens (tertiary/aromatic N) is 2. The molecule has 1 aliphatic heterocycles. The topological polar surface area (TPSA) is 34.5 Å². The van der Waals surface area contributed by atoms with E-state index in [0.29, 0.717) is 6.54 Å². The summed E-state index contributed by atoms with van der Waals surface area (Å²) in [5, 5.41) is 0. The lowest BCUT2D eigenvalue weighted by molar-refractivity contribution is -0.0271. The Kier molecular flexibility index (Phi) is 5.00. The molecule has 2 rings (SSSR count). The molecule has 112 valence electrons. The molecule has 0 aliphatic carbocycles. The summed E-state index contributed by atoms with van der Waals surface area (Å²) in [4.78, 5) is 14.7. The van der Waals surface area contributed by atoms with Crippen molar-refractivity contribution in [2.24, 2.45) is 0 Å². The summed E-state index contributed by atoms with van der Waals surface area (Å²) in [6.45, 7) is 12.2. The minimum Gasteiger partial charge on any atom is -0.376 e. The molecule has 0 N–H and O–H groups in total. The monoisotopic (exact) mass is 278 g/mol. The lowest BCUT2D eigenvalue weighted by Crippen LogP contribution is -2.44. The zero-order valence-electron chi connectivity index (χ0n) is 13.1. The Balaban J connectivity index is 2.05. The predicted octanol–water partition coefficient (Wildman–Crippen LogP) is 2.42. The average molecular weight is 278 g/mol. The van der Waals surface area contributed by atoms with Crippen molar-refractivity contribution in [2.45, 2.75) is 46.8 Å². The maximum absolute atomic E-state index is 12.5. The molecule has 0 amide bonds. The Morgan fingerprint density at radius 1 is 1.40 bits per heavy atom. The van der Waals surface area contributed by atoms with Gasteiger partial charge in [-0.15, -0.1) is 0 Å². The standard InChI is InChI=1S/C16H26N2O2/c1-5-14-10-17(7-8-20-14)11-16(19)15-9-12(3)18(6-2)13(15)4/h9,14H,5-8,10-11H2,1-4H3. The van der Waals surface area contributed by atoms with Crippen molar-refractivity contribution in [3.63, 3.8) is 0 Å². The van der Waals surface area contributed by atoms with E-state index in [4.69, 9.17) is 4.74 Å². The van der Waals surface area contributed by atoms with Gasteiger partial charge in [0.15, 0.2) is 5.78 Å². The average Bonchev–Trinajstić information content (AvgIpc) is 2.73. The highest BCUT2D eigenvalue weighted by atomic mass is 16.5. The van der Waals surface area contributed by atoms with Gasteiger partial charge in [-0.1, -0.05) is 6.92 Å². The molecule has 1 unspecified atom stereocenters. The van der Waals surface area contributed by atoms with Crippen molar-refractivity contribution < 1.29 is 9.53 Å². The van der Waals surface area contributed by atoms with E-state index in [1.54, 1.807) is 0 Å². The van der Waals surface area contributed by atoms with E-state index in [2.05, 4.69) is 30.2 Å². The SMILES string of the molecule is CCC1CN(CC(=O)c2cc(C)n(CC)c2C)CCO1. The molecular formula is C16H26N2O2. The maximum Gasteiger partial charge on any atom is 0.178 e. The summed E-state index contributed by atoms with van der Waals surface area (Å²) in [7, 11) is 0. The molecule has 0 spiro atoms. The number of aromatic nitrogens is 1. The fraction of sp³-hybridized carbons (Fsp3) is 0.688. The molecule has 2 heterocycles. The lowest BCUT2D eigenvalue weighted by atomic mass is 10.1. The quantitative estimate of drug-likeness (QED) is 0.776. The van der Waals surface area contributed by atoms with Crippen LogP contribution in [-0.2, 0) is 11.3 Å². The number of Topliss-reactive ketones (excluding diaryl/α,β-unsaturated/α-hetero) is 1. The molecule has 4 heteroatoms. The van der Waals surface area contributed by atoms with Gasteiger partial charge in [-0.2, -0.15) is 0 Å². The molecule has 0 saturated carbocycles. The summed E-state index contributed by atoms with van der Waals surface area (Å²) in [6, 6.07) is 2.03. The Morgan fingerprint density at radius 2 is 2.15 bits per heavy atom. The maximum atomic E-state index is 12.5. The summed E-state index contributed by atoms with van der Waals surface area (Å²) in [5.41, 5.74) is 3.14. The van der Waals surface area contributed by atoms with E-state index in [0.717, 1.165) is 43.9 Å². The predicted molar refractivity (Wildman–Crippen MR) is 80.4 cm³/mol. The van der Waals surface area contributed by atoms with Crippen LogP contribution in [0.4, 0.5) is 0 Å². The van der Waals surface area contributed by atoms with Gasteiger partial charge in [-0.05, 0) is 33.3 Å². The number of ether oxygens (including phenoxy) is 1. The smallest absolute Gasteiger partial charge is 0.178 e. The Bertz CT molecular complexity index is 479. The molecule has 4 nitrogen and oxygen atoms in total. The van der Waals surface area contributed by atoms with Gasteiger partial charge < -0.3 is 9.30 Å². The first-order chi connectivity index (χ1) is 9.56. The highest BCUT2D eigenvalue weighted by molar-refractivity contribution is 5.99. The van der Waals surface area contributed by atoms with E-state index in [-0.39, 0.29) is 11.9 Å². The van der Waals surface area contributed by atoms with E-state index in [1.807, 2.05) is 13.0 Å². The molecule has 1 aromatic heterocycles. The zero-order chi connectivity index (χ0) is 14.7. The molecule has 1 saturated heterocycles. The molecule has 0 radical (unpaired) electrons. The number of hydrogen-bond donors (Lipinski definition) is 0. The number of carbonyl (C=O) groups is 1. The molecule has 20 heavy (non-hydrogen) atoms. The minimum atomic E-state index is 0.231. The fourth-order valence-corrected chi connectivity index (χ4v) is 3.03. The highest BCUT2D eigenvalue weighted by Gasteiger charge is 2.23. The van der Waals surface area contributed by atoms with E-state index >= 15 is 0 Å². The molecule has 0 aromatic carbocycles. The van der Waals surface area contributed by atoms with E-state index in [1.165, 1.54) is 5.69 Å². The molecule has 1 fully saturated rings. The van der Waals surface area contributed by atoms with Crippen molar-refractivity contribution in [3.05, 3.63) is 23.0 Å². The van der Waals surface area contributed by atoms with Crippen LogP contribution in [0.25, 0.3) is 0 Å². The van der Waals surface area contributed by atoms with Crippen LogP contribution in [0.2, 0.25) is 0 Å². The summed E-state index contributed by atoms with van der Waals surface area (Å²) < 4.78 is 7.85. The normalized spacial score (nSPS) is 20.3. The van der Waals surface area contributed by atoms with Crippen molar-refractivity contribution in [3.8, 4) is 0 Å². The van der Waals surface area contributed by atoms with E-state index in [9.17, 15) is 4.79 Å². The first-order valence-corrected chi connectivity index (χ1v) is 7.60. The van der Waals surface area contributed by atoms with E-state index < -0.39 is 0 Å². The number of rotatable bonds is 5. The van der Waals surface area contributed by atoms with Gasteiger partial charge in [0.1, 0.15) is 0 Å². The first kappa shape index (κ1) is 15.3. The molecule has 1 aromatic rings. The molecule has 1 aliphatic rings. The second kappa shape index (κ2) is 6.55. The van der Waals surface area contributed by atoms with Gasteiger partial charge in [0.25, 0.3) is 0 Å². The van der Waals surface area contributed by atoms with Crippen LogP contribution in [0.1, 0.15) is 42.0 Å². The third-order valence-corrected chi connectivity index (χ3v) is 4.24. The Morgan fingerprint density at radius 3 is 2.75 bits per heavy atom. The minimum absolute atomic E-state index is 0.231. The number of carbonyl (C=O) groups excluding carboxylic acids is 1. The van der Waals surface area contributed by atoms with Gasteiger partial charge in [-0.3, -0.25) is 9.69 Å². The van der Waals surface area contributed by atoms with Crippen molar-refractivity contribution >= 4 is 5.78 Å². The van der Waals surface area contributed by atoms with Crippen LogP contribution in [0.5, 0.6) is 0 Å². The largest absolute Gasteiger partial charge is 0.376 e. The second-order valence-electron chi connectivity index (χ2n) is 5.59. The Labute approximate surface area is 121 Å². The lowest BCUT2D eigenvalue weighted by Gasteiger charge is -2.31. The van der Waals surface area contributed by atoms with Crippen molar-refractivity contribution in [1.82, 2.24) is 9.47 Å². The van der Waals surface area contributed by atoms with Gasteiger partial charge in [0.05, 0.1) is 19.3 Å². The third kappa shape index (κ3) is 3.13. The van der Waals surface area contributed by atoms with Crippen LogP contribution in [0.3, 0.4) is 0 Å². The number of hydrogen-bond acceptors (Lipinski definition) is 3.